The second kappa shape index (κ2) is 6.21. The Morgan fingerprint density at radius 1 is 1.36 bits per heavy atom. The van der Waals surface area contributed by atoms with Crippen molar-refractivity contribution in [1.29, 1.82) is 0 Å². The van der Waals surface area contributed by atoms with Crippen molar-refractivity contribution in [1.82, 2.24) is 0 Å². The summed E-state index contributed by atoms with van der Waals surface area (Å²) in [6.45, 7) is 8.65. The molecule has 0 aliphatic carbocycles. The fourth-order valence-corrected chi connectivity index (χ4v) is 1.06. The molecule has 0 unspecified atom stereocenters. The van der Waals surface area contributed by atoms with Crippen LogP contribution < -0.4 is 0 Å². The van der Waals surface area contributed by atoms with E-state index in [9.17, 15) is 0 Å². The lowest BCUT2D eigenvalue weighted by Gasteiger charge is -2.02. The van der Waals surface area contributed by atoms with Crippen LogP contribution in [0.5, 0.6) is 0 Å². The smallest absolute Gasteiger partial charge is 0.0259 e. The molecular formula is C11H20. The van der Waals surface area contributed by atoms with Gasteiger partial charge in [-0.1, -0.05) is 30.7 Å². The van der Waals surface area contributed by atoms with Gasteiger partial charge in [-0.25, -0.2) is 0 Å². The summed E-state index contributed by atoms with van der Waals surface area (Å²) < 4.78 is 0. The van der Waals surface area contributed by atoms with Crippen molar-refractivity contribution >= 4 is 0 Å². The molecule has 0 saturated heterocycles. The molecule has 0 aromatic heterocycles. The van der Waals surface area contributed by atoms with E-state index in [-0.39, 0.29) is 0 Å². The van der Waals surface area contributed by atoms with Crippen LogP contribution in [0.1, 0.15) is 40.5 Å². The average Bonchev–Trinajstić information content (AvgIpc) is 1.87. The van der Waals surface area contributed by atoms with E-state index in [4.69, 9.17) is 0 Å². The minimum atomic E-state index is 0.732. The summed E-state index contributed by atoms with van der Waals surface area (Å²) in [5, 5.41) is 0. The van der Waals surface area contributed by atoms with Crippen molar-refractivity contribution < 1.29 is 0 Å². The minimum absolute atomic E-state index is 0.732. The molecule has 0 heterocycles. The van der Waals surface area contributed by atoms with Crippen LogP contribution in [-0.2, 0) is 0 Å². The maximum atomic E-state index is 2.31. The largest absolute Gasteiger partial charge is 0.0914 e. The number of hydrogen-bond acceptors (Lipinski definition) is 0. The van der Waals surface area contributed by atoms with Crippen molar-refractivity contribution in [3.05, 3.63) is 23.8 Å². The summed E-state index contributed by atoms with van der Waals surface area (Å²) in [6, 6.07) is 0. The molecule has 11 heavy (non-hydrogen) atoms. The lowest BCUT2D eigenvalue weighted by Crippen LogP contribution is -1.87. The first-order valence-corrected chi connectivity index (χ1v) is 4.43. The summed E-state index contributed by atoms with van der Waals surface area (Å²) in [7, 11) is 0. The van der Waals surface area contributed by atoms with Crippen molar-refractivity contribution in [2.24, 2.45) is 5.92 Å². The molecule has 0 amide bonds. The lowest BCUT2D eigenvalue weighted by atomic mass is 10.0. The Morgan fingerprint density at radius 3 is 2.45 bits per heavy atom. The first-order chi connectivity index (χ1) is 5.16. The number of rotatable bonds is 4. The molecule has 64 valence electrons. The Labute approximate surface area is 71.0 Å². The SMILES string of the molecule is C/C=C\[C@H](C)CCC=C(C)C. The molecular weight excluding hydrogens is 132 g/mol. The number of hydrogen-bond donors (Lipinski definition) is 0. The summed E-state index contributed by atoms with van der Waals surface area (Å²) in [6.07, 6.45) is 9.19. The van der Waals surface area contributed by atoms with Crippen molar-refractivity contribution in [3.8, 4) is 0 Å². The first-order valence-electron chi connectivity index (χ1n) is 4.43. The fourth-order valence-electron chi connectivity index (χ4n) is 1.06. The standard InChI is InChI=1S/C11H20/c1-5-7-11(4)9-6-8-10(2)3/h5,7-8,11H,6,9H2,1-4H3/b7-5-/t11-/m0/s1. The van der Waals surface area contributed by atoms with Gasteiger partial charge in [0.2, 0.25) is 0 Å². The average molecular weight is 152 g/mol. The summed E-state index contributed by atoms with van der Waals surface area (Å²) in [5.41, 5.74) is 1.43. The predicted octanol–water partition coefficient (Wildman–Crippen LogP) is 3.95. The van der Waals surface area contributed by atoms with Crippen LogP contribution in [0.4, 0.5) is 0 Å². The third-order valence-electron chi connectivity index (χ3n) is 1.70. The highest BCUT2D eigenvalue weighted by atomic mass is 14.0. The molecule has 0 aromatic rings. The van der Waals surface area contributed by atoms with Gasteiger partial charge >= 0.3 is 0 Å². The van der Waals surface area contributed by atoms with Crippen LogP contribution in [0.3, 0.4) is 0 Å². The topological polar surface area (TPSA) is 0 Å². The highest BCUT2D eigenvalue weighted by molar-refractivity contribution is 4.94. The van der Waals surface area contributed by atoms with Crippen molar-refractivity contribution in [3.63, 3.8) is 0 Å². The van der Waals surface area contributed by atoms with Crippen molar-refractivity contribution in [2.75, 3.05) is 0 Å². The molecule has 0 nitrogen and oxygen atoms in total. The second-order valence-electron chi connectivity index (χ2n) is 3.36. The Kier molecular flexibility index (Phi) is 5.91. The van der Waals surface area contributed by atoms with Gasteiger partial charge in [0.25, 0.3) is 0 Å². The molecule has 0 saturated carbocycles. The van der Waals surface area contributed by atoms with Crippen molar-refractivity contribution in [2.45, 2.75) is 40.5 Å². The number of allylic oxidation sites excluding steroid dienone is 4. The molecule has 0 aliphatic heterocycles. The van der Waals surface area contributed by atoms with E-state index < -0.39 is 0 Å². The van der Waals surface area contributed by atoms with Gasteiger partial charge in [-0.3, -0.25) is 0 Å². The van der Waals surface area contributed by atoms with Crippen LogP contribution in [0.25, 0.3) is 0 Å². The maximum Gasteiger partial charge on any atom is -0.0259 e. The Balaban J connectivity index is 3.46. The molecule has 0 radical (unpaired) electrons. The van der Waals surface area contributed by atoms with E-state index in [1.54, 1.807) is 0 Å². The van der Waals surface area contributed by atoms with Gasteiger partial charge in [0.1, 0.15) is 0 Å². The van der Waals surface area contributed by atoms with Gasteiger partial charge in [0.15, 0.2) is 0 Å². The zero-order valence-electron chi connectivity index (χ0n) is 8.22. The van der Waals surface area contributed by atoms with E-state index in [2.05, 4.69) is 45.9 Å². The maximum absolute atomic E-state index is 2.31. The van der Waals surface area contributed by atoms with E-state index in [0.29, 0.717) is 0 Å². The molecule has 0 rings (SSSR count). The Bertz CT molecular complexity index is 136. The third-order valence-corrected chi connectivity index (χ3v) is 1.70. The van der Waals surface area contributed by atoms with Crippen LogP contribution in [0.2, 0.25) is 0 Å². The van der Waals surface area contributed by atoms with E-state index in [0.717, 1.165) is 5.92 Å². The van der Waals surface area contributed by atoms with Crippen LogP contribution in [0.15, 0.2) is 23.8 Å². The molecule has 0 aromatic carbocycles. The fraction of sp³-hybridized carbons (Fsp3) is 0.636. The first kappa shape index (κ1) is 10.5. The second-order valence-corrected chi connectivity index (χ2v) is 3.36. The van der Waals surface area contributed by atoms with Gasteiger partial charge in [0, 0.05) is 0 Å². The van der Waals surface area contributed by atoms with Gasteiger partial charge in [-0.05, 0) is 39.5 Å². The molecule has 0 fully saturated rings. The monoisotopic (exact) mass is 152 g/mol. The van der Waals surface area contributed by atoms with Gasteiger partial charge in [0.05, 0.1) is 0 Å². The molecule has 0 bridgehead atoms. The Morgan fingerprint density at radius 2 is 2.00 bits per heavy atom. The van der Waals surface area contributed by atoms with E-state index >= 15 is 0 Å². The molecule has 0 spiro atoms. The quantitative estimate of drug-likeness (QED) is 0.535. The highest BCUT2D eigenvalue weighted by Crippen LogP contribution is 2.08. The van der Waals surface area contributed by atoms with Gasteiger partial charge in [-0.2, -0.15) is 0 Å². The Hall–Kier alpha value is -0.520. The van der Waals surface area contributed by atoms with Crippen LogP contribution in [-0.4, -0.2) is 0 Å². The zero-order valence-corrected chi connectivity index (χ0v) is 8.22. The summed E-state index contributed by atoms with van der Waals surface area (Å²) in [5.74, 6) is 0.732. The lowest BCUT2D eigenvalue weighted by molar-refractivity contribution is 0.655. The minimum Gasteiger partial charge on any atom is -0.0914 e. The van der Waals surface area contributed by atoms with Gasteiger partial charge < -0.3 is 0 Å². The zero-order chi connectivity index (χ0) is 8.69. The van der Waals surface area contributed by atoms with E-state index in [1.807, 2.05) is 0 Å². The molecule has 0 N–H and O–H groups in total. The van der Waals surface area contributed by atoms with Gasteiger partial charge in [-0.15, -0.1) is 0 Å². The third kappa shape index (κ3) is 7.38. The highest BCUT2D eigenvalue weighted by Gasteiger charge is 1.93. The predicted molar refractivity (Wildman–Crippen MR) is 52.6 cm³/mol. The summed E-state index contributed by atoms with van der Waals surface area (Å²) >= 11 is 0. The molecule has 1 atom stereocenters. The molecule has 0 heteroatoms. The normalized spacial score (nSPS) is 13.5. The van der Waals surface area contributed by atoms with Crippen LogP contribution >= 0.6 is 0 Å². The molecule has 0 aliphatic rings. The van der Waals surface area contributed by atoms with Crippen LogP contribution in [0, 0.1) is 5.92 Å². The van der Waals surface area contributed by atoms with E-state index in [1.165, 1.54) is 18.4 Å². The summed E-state index contributed by atoms with van der Waals surface area (Å²) in [4.78, 5) is 0.